The zero-order valence-corrected chi connectivity index (χ0v) is 31.3. The molecule has 0 N–H and O–H groups in total. The number of nitro groups is 2. The number of carbonyl (C=O) groups excluding carboxylic acids is 2. The van der Waals surface area contributed by atoms with E-state index in [0.29, 0.717) is 11.1 Å². The summed E-state index contributed by atoms with van der Waals surface area (Å²) < 4.78 is 53.1. The van der Waals surface area contributed by atoms with Gasteiger partial charge in [-0.15, -0.1) is 0 Å². The highest BCUT2D eigenvalue weighted by atomic mass is 32.2. The van der Waals surface area contributed by atoms with Crippen molar-refractivity contribution < 1.29 is 36.3 Å². The molecule has 0 aliphatic carbocycles. The topological polar surface area (TPSA) is 195 Å². The maximum absolute atomic E-state index is 12.9. The lowest BCUT2D eigenvalue weighted by Crippen LogP contribution is -2.36. The summed E-state index contributed by atoms with van der Waals surface area (Å²) in [6, 6.07) is 30.1. The molecule has 0 radical (unpaired) electrons. The van der Waals surface area contributed by atoms with Crippen LogP contribution in [0.15, 0.2) is 119 Å². The molecule has 14 nitrogen and oxygen atoms in total. The Balaban J connectivity index is 0.000000208. The normalized spacial score (nSPS) is 18.5. The number of benzene rings is 4. The molecule has 4 aromatic carbocycles. The molecular weight excluding hydrogens is 737 g/mol. The molecule has 0 saturated carbocycles. The van der Waals surface area contributed by atoms with Crippen molar-refractivity contribution in [3.05, 3.63) is 152 Å². The Bertz CT molecular complexity index is 2040. The highest BCUT2D eigenvalue weighted by molar-refractivity contribution is 7.90. The van der Waals surface area contributed by atoms with E-state index in [9.17, 15) is 46.7 Å². The van der Waals surface area contributed by atoms with Gasteiger partial charge in [0.2, 0.25) is 24.9 Å². The molecule has 4 aromatic rings. The van der Waals surface area contributed by atoms with Crippen LogP contribution in [0.5, 0.6) is 0 Å². The molecular formula is C38H40N4O10S2. The quantitative estimate of drug-likeness (QED) is 0.137. The molecule has 0 bridgehead atoms. The van der Waals surface area contributed by atoms with Gasteiger partial charge in [-0.2, -0.15) is 0 Å². The summed E-state index contributed by atoms with van der Waals surface area (Å²) in [4.78, 5) is 47.3. The van der Waals surface area contributed by atoms with Crippen LogP contribution < -0.4 is 0 Å². The highest BCUT2D eigenvalue weighted by Crippen LogP contribution is 2.37. The molecule has 0 spiro atoms. The van der Waals surface area contributed by atoms with Crippen molar-refractivity contribution in [3.8, 4) is 0 Å². The van der Waals surface area contributed by atoms with Gasteiger partial charge in [0.15, 0.2) is 0 Å². The Morgan fingerprint density at radius 1 is 0.574 bits per heavy atom. The second kappa shape index (κ2) is 16.7. The first-order valence-corrected chi connectivity index (χ1v) is 20.1. The van der Waals surface area contributed by atoms with Gasteiger partial charge in [0.1, 0.15) is 0 Å². The third kappa shape index (κ3) is 8.82. The molecule has 0 aromatic heterocycles. The number of carbonyl (C=O) groups is 2. The first kappa shape index (κ1) is 39.7. The maximum Gasteiger partial charge on any atom is 0.266 e. The first-order valence-electron chi connectivity index (χ1n) is 17.2. The molecule has 4 atom stereocenters. The Labute approximate surface area is 313 Å². The summed E-state index contributed by atoms with van der Waals surface area (Å²) in [5.74, 6) is -3.95. The van der Waals surface area contributed by atoms with Crippen molar-refractivity contribution in [2.75, 3.05) is 26.2 Å². The van der Waals surface area contributed by atoms with Gasteiger partial charge in [0.05, 0.1) is 33.5 Å². The van der Waals surface area contributed by atoms with Crippen LogP contribution in [0, 0.1) is 45.9 Å². The van der Waals surface area contributed by atoms with E-state index in [1.54, 1.807) is 84.9 Å². The van der Waals surface area contributed by atoms with Gasteiger partial charge in [-0.3, -0.25) is 29.8 Å². The van der Waals surface area contributed by atoms with Crippen molar-refractivity contribution in [1.29, 1.82) is 0 Å². The van der Waals surface area contributed by atoms with Gasteiger partial charge < -0.3 is 0 Å². The second-order valence-corrected chi connectivity index (χ2v) is 17.0. The van der Waals surface area contributed by atoms with E-state index in [-0.39, 0.29) is 35.7 Å². The smallest absolute Gasteiger partial charge is 0.266 e. The molecule has 2 saturated heterocycles. The fraction of sp³-hybridized carbons (Fsp3) is 0.316. The molecule has 0 unspecified atom stereocenters. The number of hydrogen-bond donors (Lipinski definition) is 0. The van der Waals surface area contributed by atoms with Crippen LogP contribution in [-0.2, 0) is 29.6 Å². The summed E-state index contributed by atoms with van der Waals surface area (Å²) >= 11 is 0. The minimum atomic E-state index is -3.97. The van der Waals surface area contributed by atoms with Crippen LogP contribution in [0.4, 0.5) is 0 Å². The highest BCUT2D eigenvalue weighted by Gasteiger charge is 2.46. The molecule has 16 heteroatoms. The maximum atomic E-state index is 12.9. The molecule has 54 heavy (non-hydrogen) atoms. The standard InChI is InChI=1S/2C19H20N2O5S/c2*1-14-7-9-16(10-8-14)27(25,26)20-12-11-17(19(20)22)18(13-21(23)24)15-5-3-2-4-6-15/h2*2-10,17-18H,11-13H2,1H3/t2*17-,18-/m11/s1. The van der Waals surface area contributed by atoms with E-state index < -0.39 is 78.5 Å². The summed E-state index contributed by atoms with van der Waals surface area (Å²) in [6.07, 6.45) is 0.522. The minimum Gasteiger partial charge on any atom is -0.273 e. The lowest BCUT2D eigenvalue weighted by molar-refractivity contribution is -0.484. The molecule has 2 heterocycles. The predicted octanol–water partition coefficient (Wildman–Crippen LogP) is 5.19. The number of nitrogens with zero attached hydrogens (tertiary/aromatic N) is 4. The van der Waals surface area contributed by atoms with E-state index in [2.05, 4.69) is 0 Å². The van der Waals surface area contributed by atoms with E-state index >= 15 is 0 Å². The molecule has 2 amide bonds. The number of amides is 2. The van der Waals surface area contributed by atoms with Gasteiger partial charge in [-0.05, 0) is 62.1 Å². The molecule has 2 aliphatic heterocycles. The number of sulfonamides is 2. The van der Waals surface area contributed by atoms with Crippen molar-refractivity contribution in [2.24, 2.45) is 11.8 Å². The number of hydrogen-bond acceptors (Lipinski definition) is 10. The lowest BCUT2D eigenvalue weighted by atomic mass is 9.85. The first-order chi connectivity index (χ1) is 25.6. The monoisotopic (exact) mass is 776 g/mol. The third-order valence-electron chi connectivity index (χ3n) is 9.75. The Hall–Kier alpha value is -5.48. The van der Waals surface area contributed by atoms with Crippen LogP contribution >= 0.6 is 0 Å². The molecule has 6 rings (SSSR count). The fourth-order valence-electron chi connectivity index (χ4n) is 6.90. The van der Waals surface area contributed by atoms with Gasteiger partial charge in [0.25, 0.3) is 20.0 Å². The molecule has 2 fully saturated rings. The van der Waals surface area contributed by atoms with Crippen molar-refractivity contribution in [1.82, 2.24) is 8.61 Å². The molecule has 284 valence electrons. The Morgan fingerprint density at radius 2 is 0.889 bits per heavy atom. The van der Waals surface area contributed by atoms with E-state index in [1.807, 2.05) is 13.8 Å². The number of rotatable bonds is 12. The van der Waals surface area contributed by atoms with Crippen LogP contribution in [0.2, 0.25) is 0 Å². The van der Waals surface area contributed by atoms with Crippen LogP contribution in [-0.4, -0.2) is 73.3 Å². The van der Waals surface area contributed by atoms with E-state index in [4.69, 9.17) is 0 Å². The fourth-order valence-corrected chi connectivity index (χ4v) is 9.81. The predicted molar refractivity (Wildman–Crippen MR) is 198 cm³/mol. The lowest BCUT2D eigenvalue weighted by Gasteiger charge is -2.21. The second-order valence-electron chi connectivity index (χ2n) is 13.3. The van der Waals surface area contributed by atoms with Gasteiger partial charge in [-0.25, -0.2) is 25.4 Å². The van der Waals surface area contributed by atoms with E-state index in [0.717, 1.165) is 19.7 Å². The van der Waals surface area contributed by atoms with Crippen molar-refractivity contribution in [2.45, 2.75) is 48.3 Å². The van der Waals surface area contributed by atoms with Gasteiger partial charge >= 0.3 is 0 Å². The largest absolute Gasteiger partial charge is 0.273 e. The molecule has 2 aliphatic rings. The van der Waals surface area contributed by atoms with Gasteiger partial charge in [0, 0.05) is 22.9 Å². The summed E-state index contributed by atoms with van der Waals surface area (Å²) in [5.41, 5.74) is 3.16. The number of aryl methyl sites for hydroxylation is 2. The summed E-state index contributed by atoms with van der Waals surface area (Å²) in [7, 11) is -7.94. The van der Waals surface area contributed by atoms with E-state index in [1.165, 1.54) is 24.3 Å². The zero-order chi connectivity index (χ0) is 39.2. The average Bonchev–Trinajstić information content (AvgIpc) is 3.73. The van der Waals surface area contributed by atoms with Gasteiger partial charge in [-0.1, -0.05) is 96.1 Å². The van der Waals surface area contributed by atoms with Crippen LogP contribution in [0.1, 0.15) is 46.9 Å². The minimum absolute atomic E-state index is 0.0285. The SMILES string of the molecule is Cc1ccc(S(=O)(=O)N2CC[C@H]([C@H](C[N+](=O)[O-])c3ccccc3)C2=O)cc1.Cc1ccc(S(=O)(=O)N2CC[C@H]([C@H](C[N+](=O)[O-])c3ccccc3)C2=O)cc1. The summed E-state index contributed by atoms with van der Waals surface area (Å²) in [5, 5.41) is 22.3. The average molecular weight is 777 g/mol. The third-order valence-corrected chi connectivity index (χ3v) is 13.4. The summed E-state index contributed by atoms with van der Waals surface area (Å²) in [6.45, 7) is 2.91. The van der Waals surface area contributed by atoms with Crippen LogP contribution in [0.3, 0.4) is 0 Å². The Morgan fingerprint density at radius 3 is 1.19 bits per heavy atom. The zero-order valence-electron chi connectivity index (χ0n) is 29.6. The van der Waals surface area contributed by atoms with Crippen LogP contribution in [0.25, 0.3) is 0 Å². The van der Waals surface area contributed by atoms with Crippen molar-refractivity contribution >= 4 is 31.9 Å². The Kier molecular flexibility index (Phi) is 12.3. The van der Waals surface area contributed by atoms with Crippen molar-refractivity contribution in [3.63, 3.8) is 0 Å².